The molecule has 2 aliphatic rings. The Labute approximate surface area is 206 Å². The summed E-state index contributed by atoms with van der Waals surface area (Å²) in [5.74, 6) is -1.26. The van der Waals surface area contributed by atoms with Gasteiger partial charge in [0.2, 0.25) is 17.7 Å². The summed E-state index contributed by atoms with van der Waals surface area (Å²) in [6.45, 7) is 2.74. The minimum absolute atomic E-state index is 0.0142. The molecular weight excluding hydrogens is 456 g/mol. The number of rotatable bonds is 10. The van der Waals surface area contributed by atoms with E-state index >= 15 is 0 Å². The minimum Gasteiger partial charge on any atom is -0.462 e. The Morgan fingerprint density at radius 3 is 2.23 bits per heavy atom. The van der Waals surface area contributed by atoms with Crippen molar-refractivity contribution >= 4 is 23.7 Å². The first-order chi connectivity index (χ1) is 16.5. The summed E-state index contributed by atoms with van der Waals surface area (Å²) in [6, 6.07) is -1.23. The van der Waals surface area contributed by atoms with Crippen molar-refractivity contribution < 1.29 is 29.0 Å². The van der Waals surface area contributed by atoms with E-state index in [1.165, 1.54) is 13.8 Å². The molecule has 10 N–H and O–H groups in total. The summed E-state index contributed by atoms with van der Waals surface area (Å²) in [7, 11) is 0. The lowest BCUT2D eigenvalue weighted by Crippen LogP contribution is -2.50. The molecule has 0 saturated heterocycles. The molecule has 2 fully saturated rings. The molecule has 12 heteroatoms. The maximum Gasteiger partial charge on any atom is 0.302 e. The second-order valence-corrected chi connectivity index (χ2v) is 10.0. The number of hydrogen-bond donors (Lipinski definition) is 7. The molecule has 2 saturated carbocycles. The van der Waals surface area contributed by atoms with Crippen LogP contribution in [0.3, 0.4) is 0 Å². The van der Waals surface area contributed by atoms with Crippen LogP contribution >= 0.6 is 0 Å². The number of nitrogens with one attached hydrogen (secondary N) is 3. The average molecular weight is 499 g/mol. The van der Waals surface area contributed by atoms with E-state index in [0.29, 0.717) is 31.7 Å². The van der Waals surface area contributed by atoms with Crippen LogP contribution in [0.2, 0.25) is 0 Å². The van der Waals surface area contributed by atoms with Gasteiger partial charge in [0.25, 0.3) is 0 Å². The first-order valence-corrected chi connectivity index (χ1v) is 12.4. The summed E-state index contributed by atoms with van der Waals surface area (Å²) < 4.78 is 5.58. The van der Waals surface area contributed by atoms with Gasteiger partial charge in [-0.05, 0) is 56.8 Å². The third-order valence-electron chi connectivity index (χ3n) is 7.01. The van der Waals surface area contributed by atoms with Gasteiger partial charge in [-0.1, -0.05) is 0 Å². The molecule has 0 aliphatic heterocycles. The maximum atomic E-state index is 12.2. The fourth-order valence-electron chi connectivity index (χ4n) is 5.01. The number of carbonyl (C=O) groups excluding carboxylic acids is 4. The number of carbonyl (C=O) groups is 4. The van der Waals surface area contributed by atoms with Gasteiger partial charge in [-0.25, -0.2) is 0 Å². The second-order valence-electron chi connectivity index (χ2n) is 10.0. The van der Waals surface area contributed by atoms with Crippen LogP contribution in [0.4, 0.5) is 0 Å². The van der Waals surface area contributed by atoms with Gasteiger partial charge in [0.1, 0.15) is 6.10 Å². The van der Waals surface area contributed by atoms with Crippen LogP contribution in [0, 0.1) is 17.8 Å². The Hall–Kier alpha value is -2.28. The molecule has 2 rings (SSSR count). The predicted octanol–water partition coefficient (Wildman–Crippen LogP) is -2.15. The monoisotopic (exact) mass is 498 g/mol. The van der Waals surface area contributed by atoms with E-state index in [2.05, 4.69) is 16.0 Å². The van der Waals surface area contributed by atoms with Gasteiger partial charge >= 0.3 is 5.97 Å². The number of ether oxygens (including phenoxy) is 1. The van der Waals surface area contributed by atoms with Crippen LogP contribution in [0.25, 0.3) is 0 Å². The first kappa shape index (κ1) is 29.0. The largest absolute Gasteiger partial charge is 0.462 e. The Balaban J connectivity index is 1.83. The number of nitrogens with two attached hydrogens (primary N) is 3. The molecule has 12 nitrogen and oxygen atoms in total. The fourth-order valence-corrected chi connectivity index (χ4v) is 5.01. The number of aliphatic hydroxyl groups excluding tert-OH is 1. The van der Waals surface area contributed by atoms with Crippen LogP contribution in [-0.4, -0.2) is 78.8 Å². The van der Waals surface area contributed by atoms with E-state index in [0.717, 1.165) is 19.3 Å². The standard InChI is InChI=1S/C23H42N6O6/c1-12(24)23(34)29-11-22(33)28-10-21(32)27-9-16-7-15(20(8-17(16)25)35-13(2)30)5-14-3-4-19(31)18(26)6-14/h12,14-20,31H,3-11,24-26H2,1-2H3,(H,27,32)(H,28,33)(H,29,34). The Morgan fingerprint density at radius 2 is 1.60 bits per heavy atom. The van der Waals surface area contributed by atoms with E-state index in [4.69, 9.17) is 21.9 Å². The van der Waals surface area contributed by atoms with Crippen LogP contribution < -0.4 is 33.2 Å². The third-order valence-corrected chi connectivity index (χ3v) is 7.01. The fraction of sp³-hybridized carbons (Fsp3) is 0.826. The minimum atomic E-state index is -0.725. The van der Waals surface area contributed by atoms with Crippen molar-refractivity contribution in [1.29, 1.82) is 0 Å². The van der Waals surface area contributed by atoms with Crippen molar-refractivity contribution in [3.63, 3.8) is 0 Å². The second kappa shape index (κ2) is 13.7. The highest BCUT2D eigenvalue weighted by molar-refractivity contribution is 5.89. The van der Waals surface area contributed by atoms with Gasteiger partial charge in [0.05, 0.1) is 25.2 Å². The zero-order valence-corrected chi connectivity index (χ0v) is 20.7. The van der Waals surface area contributed by atoms with Gasteiger partial charge in [0, 0.05) is 32.0 Å². The SMILES string of the molecule is CC(=O)OC1CC(N)C(CNC(=O)CNC(=O)CNC(=O)C(C)N)CC1CC1CCC(O)C(N)C1. The van der Waals surface area contributed by atoms with Crippen molar-refractivity contribution in [2.24, 2.45) is 35.0 Å². The molecule has 200 valence electrons. The van der Waals surface area contributed by atoms with Crippen molar-refractivity contribution in [2.45, 2.75) is 82.7 Å². The molecule has 0 heterocycles. The molecule has 8 atom stereocenters. The number of esters is 1. The van der Waals surface area contributed by atoms with E-state index in [1.54, 1.807) is 0 Å². The van der Waals surface area contributed by atoms with Crippen LogP contribution in [0.1, 0.15) is 52.4 Å². The molecule has 0 aromatic carbocycles. The average Bonchev–Trinajstić information content (AvgIpc) is 2.78. The lowest BCUT2D eigenvalue weighted by atomic mass is 9.70. The molecule has 3 amide bonds. The van der Waals surface area contributed by atoms with E-state index in [-0.39, 0.29) is 55.0 Å². The van der Waals surface area contributed by atoms with Crippen LogP contribution in [-0.2, 0) is 23.9 Å². The number of amides is 3. The lowest BCUT2D eigenvalue weighted by Gasteiger charge is -2.42. The van der Waals surface area contributed by atoms with Crippen molar-refractivity contribution in [3.05, 3.63) is 0 Å². The number of hydrogen-bond acceptors (Lipinski definition) is 9. The molecule has 8 unspecified atom stereocenters. The molecule has 2 aliphatic carbocycles. The van der Waals surface area contributed by atoms with E-state index in [1.807, 2.05) is 0 Å². The highest BCUT2D eigenvalue weighted by Gasteiger charge is 2.39. The molecule has 0 spiro atoms. The van der Waals surface area contributed by atoms with Crippen LogP contribution in [0.5, 0.6) is 0 Å². The first-order valence-electron chi connectivity index (χ1n) is 12.4. The van der Waals surface area contributed by atoms with Crippen molar-refractivity contribution in [2.75, 3.05) is 19.6 Å². The maximum absolute atomic E-state index is 12.2. The molecule has 0 aromatic heterocycles. The van der Waals surface area contributed by atoms with E-state index < -0.39 is 24.0 Å². The summed E-state index contributed by atoms with van der Waals surface area (Å²) in [5, 5.41) is 17.6. The van der Waals surface area contributed by atoms with Gasteiger partial charge in [-0.15, -0.1) is 0 Å². The Morgan fingerprint density at radius 1 is 0.943 bits per heavy atom. The topological polar surface area (TPSA) is 212 Å². The normalized spacial score (nSPS) is 31.7. The van der Waals surface area contributed by atoms with Gasteiger partial charge in [0.15, 0.2) is 0 Å². The smallest absolute Gasteiger partial charge is 0.302 e. The Kier molecular flexibility index (Phi) is 11.3. The summed E-state index contributed by atoms with van der Waals surface area (Å²) in [5.41, 5.74) is 17.8. The highest BCUT2D eigenvalue weighted by Crippen LogP contribution is 2.38. The third kappa shape index (κ3) is 9.71. The number of aliphatic hydroxyl groups is 1. The Bertz CT molecular complexity index is 750. The van der Waals surface area contributed by atoms with Gasteiger partial charge in [-0.2, -0.15) is 0 Å². The lowest BCUT2D eigenvalue weighted by molar-refractivity contribution is -0.152. The molecular formula is C23H42N6O6. The zero-order valence-electron chi connectivity index (χ0n) is 20.7. The van der Waals surface area contributed by atoms with Crippen molar-refractivity contribution in [3.8, 4) is 0 Å². The molecule has 35 heavy (non-hydrogen) atoms. The van der Waals surface area contributed by atoms with Gasteiger partial charge in [-0.3, -0.25) is 19.2 Å². The predicted molar refractivity (Wildman–Crippen MR) is 128 cm³/mol. The zero-order chi connectivity index (χ0) is 26.1. The van der Waals surface area contributed by atoms with Gasteiger partial charge < -0.3 is 43.0 Å². The summed E-state index contributed by atoms with van der Waals surface area (Å²) in [4.78, 5) is 47.1. The van der Waals surface area contributed by atoms with Crippen LogP contribution in [0.15, 0.2) is 0 Å². The quantitative estimate of drug-likeness (QED) is 0.163. The summed E-state index contributed by atoms with van der Waals surface area (Å²) >= 11 is 0. The molecule has 0 aromatic rings. The summed E-state index contributed by atoms with van der Waals surface area (Å²) in [6.07, 6.45) is 3.50. The van der Waals surface area contributed by atoms with Crippen molar-refractivity contribution in [1.82, 2.24) is 16.0 Å². The molecule has 0 bridgehead atoms. The van der Waals surface area contributed by atoms with E-state index in [9.17, 15) is 24.3 Å². The molecule has 0 radical (unpaired) electrons. The highest BCUT2D eigenvalue weighted by atomic mass is 16.5.